The van der Waals surface area contributed by atoms with E-state index >= 15 is 0 Å². The Morgan fingerprint density at radius 3 is 2.06 bits per heavy atom. The third-order valence-corrected chi connectivity index (χ3v) is 6.05. The number of aryl methyl sites for hydroxylation is 1. The number of hydrogen-bond acceptors (Lipinski definition) is 6. The minimum atomic E-state index is 0.0804. The van der Waals surface area contributed by atoms with Gasteiger partial charge in [-0.05, 0) is 57.4 Å². The van der Waals surface area contributed by atoms with Crippen molar-refractivity contribution in [2.75, 3.05) is 0 Å². The van der Waals surface area contributed by atoms with Gasteiger partial charge >= 0.3 is 0 Å². The van der Waals surface area contributed by atoms with Crippen LogP contribution < -0.4 is 0 Å². The Balaban J connectivity index is 0.000000158. The molecule has 0 spiro atoms. The average Bonchev–Trinajstić information content (AvgIpc) is 3.63. The van der Waals surface area contributed by atoms with Gasteiger partial charge < -0.3 is 9.05 Å². The number of hydrogen-bond donors (Lipinski definition) is 0. The van der Waals surface area contributed by atoms with Gasteiger partial charge in [-0.3, -0.25) is 9.48 Å². The first kappa shape index (κ1) is 22.5. The highest BCUT2D eigenvalue weighted by molar-refractivity contribution is 5.96. The first-order valence-electron chi connectivity index (χ1n) is 11.8. The lowest BCUT2D eigenvalue weighted by molar-refractivity contribution is 0.101. The van der Waals surface area contributed by atoms with Crippen molar-refractivity contribution < 1.29 is 13.8 Å². The van der Waals surface area contributed by atoms with Crippen molar-refractivity contribution in [3.63, 3.8) is 0 Å². The van der Waals surface area contributed by atoms with E-state index in [1.54, 1.807) is 6.92 Å². The number of aromatic nitrogens is 4. The van der Waals surface area contributed by atoms with E-state index in [1.165, 1.54) is 12.8 Å². The molecule has 7 nitrogen and oxygen atoms in total. The SMILES string of the molecule is CC(=O)c1c(C(C)C)noc1C1CC1.CCn1ccc(-c2c(C(C)C)noc2C2CC2)n1. The van der Waals surface area contributed by atoms with Crippen LogP contribution in [0, 0.1) is 0 Å². The molecule has 0 unspecified atom stereocenters. The molecule has 7 heteroatoms. The molecule has 3 aromatic rings. The molecule has 0 saturated heterocycles. The average molecular weight is 439 g/mol. The third kappa shape index (κ3) is 4.57. The number of carbonyl (C=O) groups excluding carboxylic acids is 1. The maximum Gasteiger partial charge on any atom is 0.165 e. The van der Waals surface area contributed by atoms with Crippen LogP contribution in [0.3, 0.4) is 0 Å². The molecule has 0 radical (unpaired) electrons. The van der Waals surface area contributed by atoms with Gasteiger partial charge in [-0.25, -0.2) is 0 Å². The Bertz CT molecular complexity index is 1040. The van der Waals surface area contributed by atoms with Gasteiger partial charge in [0.1, 0.15) is 5.76 Å². The molecular weight excluding hydrogens is 404 g/mol. The highest BCUT2D eigenvalue weighted by atomic mass is 16.5. The zero-order valence-electron chi connectivity index (χ0n) is 20.0. The Kier molecular flexibility index (Phi) is 6.35. The lowest BCUT2D eigenvalue weighted by Gasteiger charge is -2.03. The van der Waals surface area contributed by atoms with Crippen LogP contribution in [0.4, 0.5) is 0 Å². The summed E-state index contributed by atoms with van der Waals surface area (Å²) in [6.07, 6.45) is 6.71. The van der Waals surface area contributed by atoms with Crippen molar-refractivity contribution in [3.8, 4) is 11.3 Å². The van der Waals surface area contributed by atoms with Gasteiger partial charge in [0.25, 0.3) is 0 Å². The van der Waals surface area contributed by atoms with Crippen LogP contribution in [0.2, 0.25) is 0 Å². The van der Waals surface area contributed by atoms with Crippen LogP contribution in [-0.2, 0) is 6.54 Å². The molecule has 2 aliphatic rings. The number of carbonyl (C=O) groups is 1. The molecule has 0 amide bonds. The van der Waals surface area contributed by atoms with Gasteiger partial charge in [0.05, 0.1) is 28.2 Å². The normalized spacial score (nSPS) is 15.9. The Morgan fingerprint density at radius 1 is 1.00 bits per heavy atom. The number of nitrogens with zero attached hydrogens (tertiary/aromatic N) is 4. The van der Waals surface area contributed by atoms with E-state index in [9.17, 15) is 4.79 Å². The predicted molar refractivity (Wildman–Crippen MR) is 122 cm³/mol. The maximum atomic E-state index is 11.5. The molecule has 32 heavy (non-hydrogen) atoms. The summed E-state index contributed by atoms with van der Waals surface area (Å²) in [5, 5.41) is 12.9. The Hall–Kier alpha value is -2.70. The minimum absolute atomic E-state index is 0.0804. The first-order valence-corrected chi connectivity index (χ1v) is 11.8. The minimum Gasteiger partial charge on any atom is -0.360 e. The lowest BCUT2D eigenvalue weighted by atomic mass is 10.00. The van der Waals surface area contributed by atoms with E-state index in [1.807, 2.05) is 24.7 Å². The van der Waals surface area contributed by atoms with E-state index in [2.05, 4.69) is 42.2 Å². The first-order chi connectivity index (χ1) is 15.3. The maximum absolute atomic E-state index is 11.5. The van der Waals surface area contributed by atoms with Gasteiger partial charge in [0.2, 0.25) is 0 Å². The van der Waals surface area contributed by atoms with Crippen LogP contribution in [0.25, 0.3) is 11.3 Å². The molecule has 0 aliphatic heterocycles. The van der Waals surface area contributed by atoms with E-state index in [4.69, 9.17) is 9.05 Å². The Morgan fingerprint density at radius 2 is 1.56 bits per heavy atom. The van der Waals surface area contributed by atoms with Crippen LogP contribution in [0.15, 0.2) is 21.3 Å². The van der Waals surface area contributed by atoms with Crippen LogP contribution in [0.1, 0.15) is 124 Å². The van der Waals surface area contributed by atoms with E-state index in [0.29, 0.717) is 17.8 Å². The monoisotopic (exact) mass is 438 g/mol. The summed E-state index contributed by atoms with van der Waals surface area (Å²) in [4.78, 5) is 11.5. The quantitative estimate of drug-likeness (QED) is 0.395. The molecule has 172 valence electrons. The number of Topliss-reactive ketones (excluding diaryl/α,β-unsaturated/α-hetero) is 1. The van der Waals surface area contributed by atoms with E-state index in [-0.39, 0.29) is 11.7 Å². The summed E-state index contributed by atoms with van der Waals surface area (Å²) >= 11 is 0. The molecule has 5 rings (SSSR count). The second kappa shape index (κ2) is 9.04. The summed E-state index contributed by atoms with van der Waals surface area (Å²) in [6.45, 7) is 12.9. The molecule has 2 saturated carbocycles. The zero-order chi connectivity index (χ0) is 23.0. The highest BCUT2D eigenvalue weighted by Crippen LogP contribution is 2.46. The molecule has 2 aliphatic carbocycles. The fourth-order valence-electron chi connectivity index (χ4n) is 3.95. The van der Waals surface area contributed by atoms with Gasteiger partial charge in [0.15, 0.2) is 11.5 Å². The predicted octanol–water partition coefficient (Wildman–Crippen LogP) is 6.44. The van der Waals surface area contributed by atoms with Crippen molar-refractivity contribution in [3.05, 3.63) is 40.7 Å². The fraction of sp³-hybridized carbons (Fsp3) is 0.600. The molecular formula is C25H34N4O3. The fourth-order valence-corrected chi connectivity index (χ4v) is 3.95. The largest absolute Gasteiger partial charge is 0.360 e. The van der Waals surface area contributed by atoms with Crippen molar-refractivity contribution in [2.24, 2.45) is 0 Å². The third-order valence-electron chi connectivity index (χ3n) is 6.05. The molecule has 3 aromatic heterocycles. The lowest BCUT2D eigenvalue weighted by Crippen LogP contribution is -2.01. The molecule has 2 fully saturated rings. The van der Waals surface area contributed by atoms with Gasteiger partial charge in [-0.15, -0.1) is 0 Å². The van der Waals surface area contributed by atoms with E-state index in [0.717, 1.165) is 59.1 Å². The second-order valence-corrected chi connectivity index (χ2v) is 9.58. The molecule has 0 atom stereocenters. The standard InChI is InChI=1S/C14H19N3O.C11H15NO2/c1-4-17-8-7-11(15-17)12-13(9(2)3)16-18-14(12)10-5-6-10;1-6(2)10-9(7(3)13)11(14-12-10)8-4-5-8/h7-10H,4-6H2,1-3H3;6,8H,4-5H2,1-3H3. The number of ketones is 1. The topological polar surface area (TPSA) is 87.0 Å². The number of rotatable bonds is 7. The van der Waals surface area contributed by atoms with Crippen LogP contribution in [-0.4, -0.2) is 25.9 Å². The summed E-state index contributed by atoms with van der Waals surface area (Å²) in [6, 6.07) is 2.06. The summed E-state index contributed by atoms with van der Waals surface area (Å²) in [5.41, 5.74) is 4.74. The van der Waals surface area contributed by atoms with Gasteiger partial charge in [-0.1, -0.05) is 38.0 Å². The van der Waals surface area contributed by atoms with Crippen molar-refractivity contribution >= 4 is 5.78 Å². The smallest absolute Gasteiger partial charge is 0.165 e. The molecule has 0 bridgehead atoms. The summed E-state index contributed by atoms with van der Waals surface area (Å²) in [7, 11) is 0. The van der Waals surface area contributed by atoms with Gasteiger partial charge in [-0.2, -0.15) is 5.10 Å². The van der Waals surface area contributed by atoms with Crippen LogP contribution in [0.5, 0.6) is 0 Å². The van der Waals surface area contributed by atoms with Crippen molar-refractivity contribution in [2.45, 2.75) is 97.4 Å². The molecule has 0 N–H and O–H groups in total. The molecule has 3 heterocycles. The zero-order valence-corrected chi connectivity index (χ0v) is 20.0. The summed E-state index contributed by atoms with van der Waals surface area (Å²) < 4.78 is 12.8. The van der Waals surface area contributed by atoms with Crippen LogP contribution >= 0.6 is 0 Å². The van der Waals surface area contributed by atoms with Crippen molar-refractivity contribution in [1.29, 1.82) is 0 Å². The van der Waals surface area contributed by atoms with Gasteiger partial charge in [0, 0.05) is 24.6 Å². The molecule has 0 aromatic carbocycles. The highest BCUT2D eigenvalue weighted by Gasteiger charge is 2.35. The second-order valence-electron chi connectivity index (χ2n) is 9.58. The van der Waals surface area contributed by atoms with E-state index < -0.39 is 0 Å². The Labute approximate surface area is 189 Å². The summed E-state index contributed by atoms with van der Waals surface area (Å²) in [5.74, 6) is 3.58. The van der Waals surface area contributed by atoms with Crippen molar-refractivity contribution in [1.82, 2.24) is 20.1 Å².